The number of fused-ring (bicyclic) bond motifs is 2. The Morgan fingerprint density at radius 1 is 1.04 bits per heavy atom. The summed E-state index contributed by atoms with van der Waals surface area (Å²) in [5, 5.41) is 3.35. The first-order chi connectivity index (χ1) is 12.8. The van der Waals surface area contributed by atoms with E-state index in [0.29, 0.717) is 5.65 Å². The molecule has 0 atom stereocenters. The van der Waals surface area contributed by atoms with E-state index in [1.54, 1.807) is 10.5 Å². The number of aromatic nitrogens is 2. The first kappa shape index (κ1) is 15.3. The predicted molar refractivity (Wildman–Crippen MR) is 105 cm³/mol. The maximum atomic E-state index is 12.7. The third kappa shape index (κ3) is 2.61. The molecular formula is C21H20N4O. The average molecular weight is 344 g/mol. The van der Waals surface area contributed by atoms with Gasteiger partial charge in [-0.1, -0.05) is 24.3 Å². The molecule has 5 heteroatoms. The van der Waals surface area contributed by atoms with Crippen LogP contribution in [-0.2, 0) is 6.42 Å². The quantitative estimate of drug-likeness (QED) is 0.775. The molecule has 5 rings (SSSR count). The zero-order valence-electron chi connectivity index (χ0n) is 14.5. The minimum absolute atomic E-state index is 0.0435. The first-order valence-electron chi connectivity index (χ1n) is 9.07. The van der Waals surface area contributed by atoms with Crippen LogP contribution in [0.1, 0.15) is 11.1 Å². The van der Waals surface area contributed by atoms with Gasteiger partial charge >= 0.3 is 0 Å². The highest BCUT2D eigenvalue weighted by molar-refractivity contribution is 5.70. The Morgan fingerprint density at radius 2 is 1.92 bits per heavy atom. The SMILES string of the molecule is O=c1cc(-c2ccc3c(c2)C=CC3)nc2ccc(N3CCNCC3)cn12. The summed E-state index contributed by atoms with van der Waals surface area (Å²) in [6.07, 6.45) is 7.19. The summed E-state index contributed by atoms with van der Waals surface area (Å²) in [5.74, 6) is 0. The van der Waals surface area contributed by atoms with E-state index < -0.39 is 0 Å². The number of rotatable bonds is 2. The number of pyridine rings is 1. The molecule has 0 radical (unpaired) electrons. The molecule has 1 aliphatic heterocycles. The van der Waals surface area contributed by atoms with Crippen molar-refractivity contribution in [2.24, 2.45) is 0 Å². The minimum Gasteiger partial charge on any atom is -0.368 e. The average Bonchev–Trinajstić information content (AvgIpc) is 3.16. The Morgan fingerprint density at radius 3 is 2.81 bits per heavy atom. The van der Waals surface area contributed by atoms with Gasteiger partial charge in [-0.3, -0.25) is 9.20 Å². The van der Waals surface area contributed by atoms with Crippen molar-refractivity contribution in [3.8, 4) is 11.3 Å². The highest BCUT2D eigenvalue weighted by Gasteiger charge is 2.13. The molecule has 1 fully saturated rings. The third-order valence-electron chi connectivity index (χ3n) is 5.20. The highest BCUT2D eigenvalue weighted by atomic mass is 16.1. The third-order valence-corrected chi connectivity index (χ3v) is 5.20. The van der Waals surface area contributed by atoms with Crippen molar-refractivity contribution in [3.63, 3.8) is 0 Å². The lowest BCUT2D eigenvalue weighted by Gasteiger charge is -2.29. The Hall–Kier alpha value is -2.92. The smallest absolute Gasteiger partial charge is 0.258 e. The molecule has 1 aromatic carbocycles. The van der Waals surface area contributed by atoms with E-state index >= 15 is 0 Å². The van der Waals surface area contributed by atoms with Gasteiger partial charge in [0.05, 0.1) is 11.4 Å². The van der Waals surface area contributed by atoms with Crippen molar-refractivity contribution in [1.82, 2.24) is 14.7 Å². The van der Waals surface area contributed by atoms with Crippen LogP contribution in [0, 0.1) is 0 Å². The topological polar surface area (TPSA) is 49.6 Å². The fourth-order valence-electron chi connectivity index (χ4n) is 3.76. The summed E-state index contributed by atoms with van der Waals surface area (Å²) in [6, 6.07) is 11.9. The van der Waals surface area contributed by atoms with Crippen molar-refractivity contribution in [3.05, 3.63) is 70.2 Å². The van der Waals surface area contributed by atoms with Gasteiger partial charge < -0.3 is 10.2 Å². The van der Waals surface area contributed by atoms with Gasteiger partial charge in [-0.15, -0.1) is 0 Å². The lowest BCUT2D eigenvalue weighted by atomic mass is 10.0. The molecule has 1 aliphatic carbocycles. The molecular weight excluding hydrogens is 324 g/mol. The summed E-state index contributed by atoms with van der Waals surface area (Å²) in [5.41, 5.74) is 5.97. The molecule has 1 N–H and O–H groups in total. The fourth-order valence-corrected chi connectivity index (χ4v) is 3.76. The van der Waals surface area contributed by atoms with Crippen LogP contribution in [0.3, 0.4) is 0 Å². The van der Waals surface area contributed by atoms with Crippen molar-refractivity contribution in [1.29, 1.82) is 0 Å². The van der Waals surface area contributed by atoms with Crippen LogP contribution in [0.4, 0.5) is 5.69 Å². The van der Waals surface area contributed by atoms with E-state index in [0.717, 1.165) is 49.5 Å². The maximum Gasteiger partial charge on any atom is 0.258 e. The van der Waals surface area contributed by atoms with E-state index in [9.17, 15) is 4.79 Å². The van der Waals surface area contributed by atoms with Gasteiger partial charge in [0.1, 0.15) is 5.65 Å². The van der Waals surface area contributed by atoms with Crippen molar-refractivity contribution >= 4 is 17.4 Å². The van der Waals surface area contributed by atoms with E-state index in [-0.39, 0.29) is 5.56 Å². The number of nitrogens with one attached hydrogen (secondary N) is 1. The molecule has 2 aromatic heterocycles. The van der Waals surface area contributed by atoms with Gasteiger partial charge in [-0.05, 0) is 35.7 Å². The van der Waals surface area contributed by atoms with E-state index in [1.807, 2.05) is 12.3 Å². The van der Waals surface area contributed by atoms with Crippen LogP contribution in [0.5, 0.6) is 0 Å². The van der Waals surface area contributed by atoms with Crippen LogP contribution in [0.25, 0.3) is 23.0 Å². The largest absolute Gasteiger partial charge is 0.368 e. The summed E-state index contributed by atoms with van der Waals surface area (Å²) < 4.78 is 1.65. The molecule has 0 spiro atoms. The Kier molecular flexibility index (Phi) is 3.60. The summed E-state index contributed by atoms with van der Waals surface area (Å²) >= 11 is 0. The minimum atomic E-state index is -0.0435. The molecule has 3 aromatic rings. The molecule has 0 bridgehead atoms. The van der Waals surface area contributed by atoms with Crippen LogP contribution < -0.4 is 15.8 Å². The van der Waals surface area contributed by atoms with E-state index in [2.05, 4.69) is 46.6 Å². The number of nitrogens with zero attached hydrogens (tertiary/aromatic N) is 3. The molecule has 5 nitrogen and oxygen atoms in total. The van der Waals surface area contributed by atoms with Crippen molar-refractivity contribution in [2.75, 3.05) is 31.1 Å². The predicted octanol–water partition coefficient (Wildman–Crippen LogP) is 2.34. The molecule has 2 aliphatic rings. The molecule has 0 unspecified atom stereocenters. The first-order valence-corrected chi connectivity index (χ1v) is 9.07. The van der Waals surface area contributed by atoms with Gasteiger partial charge in [0.2, 0.25) is 0 Å². The number of anilines is 1. The number of hydrogen-bond donors (Lipinski definition) is 1. The second kappa shape index (κ2) is 6.11. The second-order valence-electron chi connectivity index (χ2n) is 6.85. The highest BCUT2D eigenvalue weighted by Crippen LogP contribution is 2.26. The maximum absolute atomic E-state index is 12.7. The normalized spacial score (nSPS) is 16.2. The molecule has 26 heavy (non-hydrogen) atoms. The number of allylic oxidation sites excluding steroid dienone is 1. The summed E-state index contributed by atoms with van der Waals surface area (Å²) in [7, 11) is 0. The monoisotopic (exact) mass is 344 g/mol. The fraction of sp³-hybridized carbons (Fsp3) is 0.238. The Bertz CT molecular complexity index is 1080. The number of piperazine rings is 1. The zero-order chi connectivity index (χ0) is 17.5. The van der Waals surface area contributed by atoms with Crippen LogP contribution in [0.2, 0.25) is 0 Å². The van der Waals surface area contributed by atoms with Crippen molar-refractivity contribution in [2.45, 2.75) is 6.42 Å². The lowest BCUT2D eigenvalue weighted by molar-refractivity contribution is 0.588. The lowest BCUT2D eigenvalue weighted by Crippen LogP contribution is -2.43. The van der Waals surface area contributed by atoms with Crippen LogP contribution in [0.15, 0.2) is 53.5 Å². The zero-order valence-corrected chi connectivity index (χ0v) is 14.5. The molecule has 130 valence electrons. The van der Waals surface area contributed by atoms with Gasteiger partial charge in [0, 0.05) is 44.0 Å². The van der Waals surface area contributed by atoms with E-state index in [1.165, 1.54) is 11.1 Å². The van der Waals surface area contributed by atoms with Gasteiger partial charge in [-0.25, -0.2) is 4.98 Å². The molecule has 0 amide bonds. The Balaban J connectivity index is 1.57. The Labute approximate surface area is 151 Å². The summed E-state index contributed by atoms with van der Waals surface area (Å²) in [6.45, 7) is 3.84. The van der Waals surface area contributed by atoms with E-state index in [4.69, 9.17) is 4.98 Å². The van der Waals surface area contributed by atoms with Crippen LogP contribution >= 0.6 is 0 Å². The second-order valence-corrected chi connectivity index (χ2v) is 6.85. The van der Waals surface area contributed by atoms with Gasteiger partial charge in [-0.2, -0.15) is 0 Å². The number of benzene rings is 1. The van der Waals surface area contributed by atoms with Crippen molar-refractivity contribution < 1.29 is 0 Å². The molecule has 0 saturated carbocycles. The standard InChI is InChI=1S/C21H20N4O/c26-21-13-19(17-5-4-15-2-1-3-16(15)12-17)23-20-7-6-18(14-25(20)21)24-10-8-22-9-11-24/h1,3-7,12-14,22H,2,8-11H2. The van der Waals surface area contributed by atoms with Gasteiger partial charge in [0.25, 0.3) is 5.56 Å². The molecule has 1 saturated heterocycles. The van der Waals surface area contributed by atoms with Crippen LogP contribution in [-0.4, -0.2) is 35.6 Å². The summed E-state index contributed by atoms with van der Waals surface area (Å²) in [4.78, 5) is 19.7. The molecule has 3 heterocycles. The number of hydrogen-bond acceptors (Lipinski definition) is 4. The van der Waals surface area contributed by atoms with Gasteiger partial charge in [0.15, 0.2) is 0 Å².